The predicted octanol–water partition coefficient (Wildman–Crippen LogP) is 4.12. The smallest absolute Gasteiger partial charge is 0.169 e. The maximum absolute atomic E-state index is 5.74. The lowest BCUT2D eigenvalue weighted by Gasteiger charge is -2.35. The molecule has 0 spiro atoms. The van der Waals surface area contributed by atoms with Gasteiger partial charge in [-0.15, -0.1) is 0 Å². The highest BCUT2D eigenvalue weighted by molar-refractivity contribution is 7.80. The van der Waals surface area contributed by atoms with E-state index in [1.807, 2.05) is 12.1 Å². The first-order chi connectivity index (χ1) is 11.4. The Morgan fingerprint density at radius 3 is 2.42 bits per heavy atom. The van der Waals surface area contributed by atoms with E-state index < -0.39 is 0 Å². The third-order valence-electron chi connectivity index (χ3n) is 4.33. The van der Waals surface area contributed by atoms with Crippen LogP contribution >= 0.6 is 12.2 Å². The van der Waals surface area contributed by atoms with Crippen LogP contribution < -0.4 is 14.8 Å². The van der Waals surface area contributed by atoms with Crippen molar-refractivity contribution in [1.29, 1.82) is 0 Å². The normalized spacial score (nSPS) is 15.2. The fourth-order valence-corrected chi connectivity index (χ4v) is 3.76. The predicted molar refractivity (Wildman–Crippen MR) is 103 cm³/mol. The Kier molecular flexibility index (Phi) is 6.33. The number of benzene rings is 1. The van der Waals surface area contributed by atoms with Gasteiger partial charge in [-0.2, -0.15) is 0 Å². The van der Waals surface area contributed by atoms with Crippen molar-refractivity contribution in [1.82, 2.24) is 10.2 Å². The van der Waals surface area contributed by atoms with Gasteiger partial charge in [0.2, 0.25) is 0 Å². The lowest BCUT2D eigenvalue weighted by molar-refractivity contribution is 0.285. The number of ether oxygens (including phenoxy) is 2. The van der Waals surface area contributed by atoms with Gasteiger partial charge in [0.15, 0.2) is 16.6 Å². The van der Waals surface area contributed by atoms with Gasteiger partial charge in [-0.1, -0.05) is 25.0 Å². The zero-order valence-corrected chi connectivity index (χ0v) is 16.3. The van der Waals surface area contributed by atoms with Crippen molar-refractivity contribution in [2.45, 2.75) is 64.6 Å². The average Bonchev–Trinajstić information content (AvgIpc) is 3.04. The molecule has 0 unspecified atom stereocenters. The fourth-order valence-electron chi connectivity index (χ4n) is 3.24. The molecule has 5 heteroatoms. The SMILES string of the molecule is COc1cccc(CN(C(=S)NC(C)(C)C)C2CCCC2)c1OC. The van der Waals surface area contributed by atoms with Crippen LogP contribution in [0.3, 0.4) is 0 Å². The second-order valence-electron chi connectivity index (χ2n) is 7.40. The Morgan fingerprint density at radius 2 is 1.88 bits per heavy atom. The van der Waals surface area contributed by atoms with E-state index in [0.717, 1.165) is 28.7 Å². The van der Waals surface area contributed by atoms with Gasteiger partial charge in [0.1, 0.15) is 0 Å². The molecule has 0 amide bonds. The number of nitrogens with zero attached hydrogens (tertiary/aromatic N) is 1. The third-order valence-corrected chi connectivity index (χ3v) is 4.67. The van der Waals surface area contributed by atoms with Crippen LogP contribution in [-0.4, -0.2) is 35.8 Å². The van der Waals surface area contributed by atoms with Crippen molar-refractivity contribution >= 4 is 17.3 Å². The largest absolute Gasteiger partial charge is 0.493 e. The Labute approximate surface area is 151 Å². The monoisotopic (exact) mass is 350 g/mol. The number of para-hydroxylation sites is 1. The second kappa shape index (κ2) is 8.06. The molecule has 1 N–H and O–H groups in total. The summed E-state index contributed by atoms with van der Waals surface area (Å²) in [6.45, 7) is 7.14. The highest BCUT2D eigenvalue weighted by Crippen LogP contribution is 2.33. The van der Waals surface area contributed by atoms with Crippen LogP contribution in [0.5, 0.6) is 11.5 Å². The molecule has 24 heavy (non-hydrogen) atoms. The molecule has 0 atom stereocenters. The molecule has 1 aromatic rings. The first-order valence-electron chi connectivity index (χ1n) is 8.64. The van der Waals surface area contributed by atoms with E-state index in [1.54, 1.807) is 14.2 Å². The van der Waals surface area contributed by atoms with Crippen LogP contribution in [0.4, 0.5) is 0 Å². The minimum atomic E-state index is -0.0492. The molecule has 1 saturated carbocycles. The molecule has 1 aliphatic carbocycles. The number of hydrogen-bond donors (Lipinski definition) is 1. The van der Waals surface area contributed by atoms with Crippen LogP contribution in [-0.2, 0) is 6.54 Å². The molecule has 0 bridgehead atoms. The summed E-state index contributed by atoms with van der Waals surface area (Å²) in [5.74, 6) is 1.55. The van der Waals surface area contributed by atoms with Crippen molar-refractivity contribution in [3.05, 3.63) is 23.8 Å². The van der Waals surface area contributed by atoms with Gasteiger partial charge in [-0.05, 0) is 51.9 Å². The van der Waals surface area contributed by atoms with Crippen molar-refractivity contribution in [3.8, 4) is 11.5 Å². The van der Waals surface area contributed by atoms with Crippen molar-refractivity contribution < 1.29 is 9.47 Å². The zero-order chi connectivity index (χ0) is 17.7. The molecule has 1 fully saturated rings. The van der Waals surface area contributed by atoms with E-state index in [-0.39, 0.29) is 5.54 Å². The summed E-state index contributed by atoms with van der Waals surface area (Å²) in [7, 11) is 3.36. The number of methoxy groups -OCH3 is 2. The minimum absolute atomic E-state index is 0.0492. The number of hydrogen-bond acceptors (Lipinski definition) is 3. The fraction of sp³-hybridized carbons (Fsp3) is 0.632. The van der Waals surface area contributed by atoms with E-state index in [0.29, 0.717) is 6.04 Å². The van der Waals surface area contributed by atoms with E-state index in [4.69, 9.17) is 21.7 Å². The molecule has 2 rings (SSSR count). The average molecular weight is 351 g/mol. The van der Waals surface area contributed by atoms with Crippen LogP contribution in [0.1, 0.15) is 52.0 Å². The Hall–Kier alpha value is -1.49. The molecular weight excluding hydrogens is 320 g/mol. The lowest BCUT2D eigenvalue weighted by Crippen LogP contribution is -2.50. The topological polar surface area (TPSA) is 33.7 Å². The number of thiocarbonyl (C=S) groups is 1. The highest BCUT2D eigenvalue weighted by Gasteiger charge is 2.27. The van der Waals surface area contributed by atoms with Crippen LogP contribution in [0.25, 0.3) is 0 Å². The van der Waals surface area contributed by atoms with Gasteiger partial charge in [0, 0.05) is 23.7 Å². The van der Waals surface area contributed by atoms with Gasteiger partial charge in [0.05, 0.1) is 14.2 Å². The van der Waals surface area contributed by atoms with E-state index >= 15 is 0 Å². The highest BCUT2D eigenvalue weighted by atomic mass is 32.1. The molecular formula is C19H30N2O2S. The van der Waals surface area contributed by atoms with Gasteiger partial charge < -0.3 is 19.7 Å². The van der Waals surface area contributed by atoms with E-state index in [1.165, 1.54) is 25.7 Å². The molecule has 4 nitrogen and oxygen atoms in total. The molecule has 1 aliphatic rings. The van der Waals surface area contributed by atoms with Crippen molar-refractivity contribution in [2.75, 3.05) is 14.2 Å². The number of nitrogens with one attached hydrogen (secondary N) is 1. The van der Waals surface area contributed by atoms with Crippen LogP contribution in [0.15, 0.2) is 18.2 Å². The van der Waals surface area contributed by atoms with Crippen molar-refractivity contribution in [3.63, 3.8) is 0 Å². The van der Waals surface area contributed by atoms with Gasteiger partial charge in [-0.25, -0.2) is 0 Å². The minimum Gasteiger partial charge on any atom is -0.493 e. The van der Waals surface area contributed by atoms with Crippen LogP contribution in [0, 0.1) is 0 Å². The first kappa shape index (κ1) is 18.8. The molecule has 0 saturated heterocycles. The van der Waals surface area contributed by atoms with Gasteiger partial charge in [0.25, 0.3) is 0 Å². The third kappa shape index (κ3) is 4.76. The summed E-state index contributed by atoms with van der Waals surface area (Å²) in [5, 5.41) is 4.29. The Balaban J connectivity index is 2.27. The molecule has 134 valence electrons. The second-order valence-corrected chi connectivity index (χ2v) is 7.79. The molecule has 0 aromatic heterocycles. The summed E-state index contributed by atoms with van der Waals surface area (Å²) in [4.78, 5) is 2.32. The Bertz CT molecular complexity index is 563. The summed E-state index contributed by atoms with van der Waals surface area (Å²) in [5.41, 5.74) is 1.05. The van der Waals surface area contributed by atoms with E-state index in [2.05, 4.69) is 37.1 Å². The quantitative estimate of drug-likeness (QED) is 0.808. The lowest BCUT2D eigenvalue weighted by atomic mass is 10.1. The van der Waals surface area contributed by atoms with Crippen LogP contribution in [0.2, 0.25) is 0 Å². The summed E-state index contributed by atoms with van der Waals surface area (Å²) >= 11 is 5.74. The van der Waals surface area contributed by atoms with Crippen molar-refractivity contribution in [2.24, 2.45) is 0 Å². The molecule has 0 radical (unpaired) electrons. The summed E-state index contributed by atoms with van der Waals surface area (Å²) in [6.07, 6.45) is 4.93. The van der Waals surface area contributed by atoms with Gasteiger partial charge in [-0.3, -0.25) is 0 Å². The summed E-state index contributed by atoms with van der Waals surface area (Å²) in [6, 6.07) is 6.50. The molecule has 0 heterocycles. The maximum atomic E-state index is 5.74. The molecule has 1 aromatic carbocycles. The Morgan fingerprint density at radius 1 is 1.21 bits per heavy atom. The first-order valence-corrected chi connectivity index (χ1v) is 9.05. The number of rotatable bonds is 5. The maximum Gasteiger partial charge on any atom is 0.169 e. The molecule has 0 aliphatic heterocycles. The van der Waals surface area contributed by atoms with Gasteiger partial charge >= 0.3 is 0 Å². The van der Waals surface area contributed by atoms with E-state index in [9.17, 15) is 0 Å². The zero-order valence-electron chi connectivity index (χ0n) is 15.5. The summed E-state index contributed by atoms with van der Waals surface area (Å²) < 4.78 is 11.0. The standard InChI is InChI=1S/C19H30N2O2S/c1-19(2,3)20-18(24)21(15-10-6-7-11-15)13-14-9-8-12-16(22-4)17(14)23-5/h8-9,12,15H,6-7,10-11,13H2,1-5H3,(H,20,24).